The predicted octanol–water partition coefficient (Wildman–Crippen LogP) is 0.270. The lowest BCUT2D eigenvalue weighted by atomic mass is 10.2. The molecule has 1 aliphatic rings. The molecule has 2 heterocycles. The van der Waals surface area contributed by atoms with E-state index < -0.39 is 0 Å². The van der Waals surface area contributed by atoms with Crippen LogP contribution in [0.3, 0.4) is 0 Å². The van der Waals surface area contributed by atoms with E-state index in [1.54, 1.807) is 6.20 Å². The van der Waals surface area contributed by atoms with Crippen molar-refractivity contribution in [2.45, 2.75) is 32.5 Å². The normalized spacial score (nSPS) is 19.2. The summed E-state index contributed by atoms with van der Waals surface area (Å²) in [4.78, 5) is 18.6. The van der Waals surface area contributed by atoms with Gasteiger partial charge in [0.2, 0.25) is 5.91 Å². The minimum absolute atomic E-state index is 0.0237. The van der Waals surface area contributed by atoms with E-state index in [0.717, 1.165) is 11.4 Å². The number of nitrogens with one attached hydrogen (secondary N) is 1. The largest absolute Gasteiger partial charge is 0.377 e. The highest BCUT2D eigenvalue weighted by Gasteiger charge is 2.30. The number of hydrogen-bond acceptors (Lipinski definition) is 5. The standard InChI is InChI=1S/C14H22N4O2/c1-10(2)17-14(19)12-9-20-6-5-18(12)13-4-3-11(7-15)8-16-13/h3-4,8,10,12H,5-7,9,15H2,1-2H3,(H,17,19). The zero-order valence-corrected chi connectivity index (χ0v) is 12.0. The maximum atomic E-state index is 12.2. The first-order valence-electron chi connectivity index (χ1n) is 6.91. The van der Waals surface area contributed by atoms with Crippen molar-refractivity contribution in [2.75, 3.05) is 24.7 Å². The van der Waals surface area contributed by atoms with Crippen molar-refractivity contribution in [2.24, 2.45) is 5.73 Å². The Morgan fingerprint density at radius 3 is 3.00 bits per heavy atom. The highest BCUT2D eigenvalue weighted by atomic mass is 16.5. The molecule has 6 heteroatoms. The van der Waals surface area contributed by atoms with E-state index in [1.807, 2.05) is 30.9 Å². The second kappa shape index (κ2) is 6.67. The molecular formula is C14H22N4O2. The fourth-order valence-electron chi connectivity index (χ4n) is 2.18. The molecule has 3 N–H and O–H groups in total. The van der Waals surface area contributed by atoms with Gasteiger partial charge in [-0.25, -0.2) is 4.98 Å². The molecule has 2 rings (SSSR count). The maximum absolute atomic E-state index is 12.2. The molecule has 0 spiro atoms. The summed E-state index contributed by atoms with van der Waals surface area (Å²) in [6, 6.07) is 3.62. The number of amides is 1. The average molecular weight is 278 g/mol. The van der Waals surface area contributed by atoms with Crippen molar-refractivity contribution >= 4 is 11.7 Å². The molecule has 1 fully saturated rings. The lowest BCUT2D eigenvalue weighted by Crippen LogP contribution is -2.55. The maximum Gasteiger partial charge on any atom is 0.245 e. The van der Waals surface area contributed by atoms with Crippen molar-refractivity contribution in [3.8, 4) is 0 Å². The van der Waals surface area contributed by atoms with Gasteiger partial charge in [-0.05, 0) is 25.5 Å². The summed E-state index contributed by atoms with van der Waals surface area (Å²) in [6.45, 7) is 6.00. The highest BCUT2D eigenvalue weighted by Crippen LogP contribution is 2.18. The average Bonchev–Trinajstić information content (AvgIpc) is 2.46. The van der Waals surface area contributed by atoms with Crippen LogP contribution in [-0.2, 0) is 16.1 Å². The Labute approximate surface area is 119 Å². The zero-order chi connectivity index (χ0) is 14.5. The van der Waals surface area contributed by atoms with Gasteiger partial charge in [-0.1, -0.05) is 6.07 Å². The molecule has 0 saturated carbocycles. The van der Waals surface area contributed by atoms with Crippen LogP contribution in [0.4, 0.5) is 5.82 Å². The van der Waals surface area contributed by atoms with E-state index in [9.17, 15) is 4.79 Å². The predicted molar refractivity (Wildman–Crippen MR) is 77.4 cm³/mol. The van der Waals surface area contributed by atoms with Crippen LogP contribution in [0.15, 0.2) is 18.3 Å². The number of pyridine rings is 1. The lowest BCUT2D eigenvalue weighted by molar-refractivity contribution is -0.125. The molecule has 1 aromatic rings. The Hall–Kier alpha value is -1.66. The van der Waals surface area contributed by atoms with Crippen LogP contribution >= 0.6 is 0 Å². The van der Waals surface area contributed by atoms with E-state index in [0.29, 0.717) is 26.3 Å². The molecule has 110 valence electrons. The van der Waals surface area contributed by atoms with Crippen molar-refractivity contribution in [1.29, 1.82) is 0 Å². The highest BCUT2D eigenvalue weighted by molar-refractivity contribution is 5.85. The zero-order valence-electron chi connectivity index (χ0n) is 12.0. The number of nitrogens with two attached hydrogens (primary N) is 1. The summed E-state index contributed by atoms with van der Waals surface area (Å²) in [5.74, 6) is 0.763. The van der Waals surface area contributed by atoms with Gasteiger partial charge >= 0.3 is 0 Å². The number of rotatable bonds is 4. The molecule has 1 saturated heterocycles. The first-order valence-corrected chi connectivity index (χ1v) is 6.91. The van der Waals surface area contributed by atoms with Crippen LogP contribution in [0.1, 0.15) is 19.4 Å². The summed E-state index contributed by atoms with van der Waals surface area (Å²) in [5.41, 5.74) is 6.55. The van der Waals surface area contributed by atoms with Crippen LogP contribution in [0.2, 0.25) is 0 Å². The number of ether oxygens (including phenoxy) is 1. The van der Waals surface area contributed by atoms with Crippen LogP contribution in [0.25, 0.3) is 0 Å². The summed E-state index contributed by atoms with van der Waals surface area (Å²) < 4.78 is 5.43. The van der Waals surface area contributed by atoms with Crippen molar-refractivity contribution in [3.05, 3.63) is 23.9 Å². The molecule has 1 aliphatic heterocycles. The first kappa shape index (κ1) is 14.7. The number of hydrogen-bond donors (Lipinski definition) is 2. The molecule has 20 heavy (non-hydrogen) atoms. The Balaban J connectivity index is 2.15. The summed E-state index contributed by atoms with van der Waals surface area (Å²) in [7, 11) is 0. The monoisotopic (exact) mass is 278 g/mol. The Bertz CT molecular complexity index is 447. The number of nitrogens with zero attached hydrogens (tertiary/aromatic N) is 2. The quantitative estimate of drug-likeness (QED) is 0.826. The Morgan fingerprint density at radius 1 is 1.60 bits per heavy atom. The SMILES string of the molecule is CC(C)NC(=O)C1COCCN1c1ccc(CN)cn1. The van der Waals surface area contributed by atoms with Gasteiger partial charge in [-0.2, -0.15) is 0 Å². The molecule has 0 aromatic carbocycles. The van der Waals surface area contributed by atoms with E-state index in [2.05, 4.69) is 10.3 Å². The van der Waals surface area contributed by atoms with Gasteiger partial charge in [-0.3, -0.25) is 4.79 Å². The topological polar surface area (TPSA) is 80.5 Å². The minimum Gasteiger partial charge on any atom is -0.377 e. The van der Waals surface area contributed by atoms with Gasteiger partial charge in [0.1, 0.15) is 11.9 Å². The van der Waals surface area contributed by atoms with E-state index >= 15 is 0 Å². The van der Waals surface area contributed by atoms with Gasteiger partial charge < -0.3 is 20.7 Å². The molecule has 1 unspecified atom stereocenters. The van der Waals surface area contributed by atoms with Crippen LogP contribution in [0.5, 0.6) is 0 Å². The summed E-state index contributed by atoms with van der Waals surface area (Å²) in [6.07, 6.45) is 1.75. The lowest BCUT2D eigenvalue weighted by Gasteiger charge is -2.35. The van der Waals surface area contributed by atoms with Gasteiger partial charge in [0.15, 0.2) is 0 Å². The number of anilines is 1. The third-order valence-corrected chi connectivity index (χ3v) is 3.20. The van der Waals surface area contributed by atoms with Crippen LogP contribution in [-0.4, -0.2) is 42.7 Å². The Morgan fingerprint density at radius 2 is 2.40 bits per heavy atom. The van der Waals surface area contributed by atoms with E-state index in [1.165, 1.54) is 0 Å². The van der Waals surface area contributed by atoms with Crippen molar-refractivity contribution < 1.29 is 9.53 Å². The van der Waals surface area contributed by atoms with Crippen molar-refractivity contribution in [1.82, 2.24) is 10.3 Å². The fraction of sp³-hybridized carbons (Fsp3) is 0.571. The van der Waals surface area contributed by atoms with Gasteiger partial charge in [0, 0.05) is 25.3 Å². The first-order chi connectivity index (χ1) is 9.61. The molecule has 0 aliphatic carbocycles. The van der Waals surface area contributed by atoms with Crippen molar-refractivity contribution in [3.63, 3.8) is 0 Å². The molecule has 1 amide bonds. The molecule has 0 bridgehead atoms. The van der Waals surface area contributed by atoms with Gasteiger partial charge in [0.25, 0.3) is 0 Å². The van der Waals surface area contributed by atoms with Gasteiger partial charge in [-0.15, -0.1) is 0 Å². The minimum atomic E-state index is -0.331. The third-order valence-electron chi connectivity index (χ3n) is 3.20. The summed E-state index contributed by atoms with van der Waals surface area (Å²) >= 11 is 0. The number of aromatic nitrogens is 1. The van der Waals surface area contributed by atoms with Crippen LogP contribution in [0, 0.1) is 0 Å². The Kier molecular flexibility index (Phi) is 4.92. The molecule has 1 aromatic heterocycles. The van der Waals surface area contributed by atoms with Gasteiger partial charge in [0.05, 0.1) is 13.2 Å². The molecular weight excluding hydrogens is 256 g/mol. The number of carbonyl (C=O) groups excluding carboxylic acids is 1. The van der Waals surface area contributed by atoms with Crippen LogP contribution < -0.4 is 16.0 Å². The van der Waals surface area contributed by atoms with E-state index in [-0.39, 0.29) is 18.0 Å². The second-order valence-corrected chi connectivity index (χ2v) is 5.18. The smallest absolute Gasteiger partial charge is 0.245 e. The molecule has 6 nitrogen and oxygen atoms in total. The fourth-order valence-corrected chi connectivity index (χ4v) is 2.18. The third kappa shape index (κ3) is 3.46. The summed E-state index contributed by atoms with van der Waals surface area (Å²) in [5, 5.41) is 2.93. The number of morpholine rings is 1. The second-order valence-electron chi connectivity index (χ2n) is 5.18. The van der Waals surface area contributed by atoms with E-state index in [4.69, 9.17) is 10.5 Å². The molecule has 0 radical (unpaired) electrons. The number of carbonyl (C=O) groups is 1. The molecule has 1 atom stereocenters.